The van der Waals surface area contributed by atoms with Crippen LogP contribution in [0.3, 0.4) is 0 Å². The van der Waals surface area contributed by atoms with E-state index in [1.165, 1.54) is 0 Å². The van der Waals surface area contributed by atoms with Crippen LogP contribution in [0.4, 0.5) is 0 Å². The van der Waals surface area contributed by atoms with Crippen molar-refractivity contribution in [2.24, 2.45) is 0 Å². The molecule has 4 nitrogen and oxygen atoms in total. The molecular weight excluding hydrogens is 270 g/mol. The number of halogens is 1. The molecule has 0 saturated heterocycles. The zero-order valence-electron chi connectivity index (χ0n) is 10.4. The van der Waals surface area contributed by atoms with Gasteiger partial charge in [0, 0.05) is 0 Å². The van der Waals surface area contributed by atoms with Crippen molar-refractivity contribution in [1.29, 1.82) is 0 Å². The summed E-state index contributed by atoms with van der Waals surface area (Å²) in [4.78, 5) is 0. The van der Waals surface area contributed by atoms with Gasteiger partial charge in [-0.2, -0.15) is 0 Å². The van der Waals surface area contributed by atoms with E-state index in [9.17, 15) is 0 Å². The standard InChI is InChI=1S/C12H16ClN3OS/c1-3-7-14-8(4-2)11-15-16-12(18-11)9-5-6-10(13)17-9/h5-6,8,14H,3-4,7H2,1-2H3. The van der Waals surface area contributed by atoms with E-state index in [1.54, 1.807) is 17.4 Å². The molecule has 0 fully saturated rings. The number of furan rings is 1. The molecule has 0 radical (unpaired) electrons. The first kappa shape index (κ1) is 13.5. The largest absolute Gasteiger partial charge is 0.442 e. The smallest absolute Gasteiger partial charge is 0.194 e. The Morgan fingerprint density at radius 1 is 1.39 bits per heavy atom. The third-order valence-corrected chi connectivity index (χ3v) is 3.83. The zero-order chi connectivity index (χ0) is 13.0. The normalized spacial score (nSPS) is 12.8. The van der Waals surface area contributed by atoms with Gasteiger partial charge in [0.05, 0.1) is 6.04 Å². The van der Waals surface area contributed by atoms with Crippen molar-refractivity contribution >= 4 is 22.9 Å². The zero-order valence-corrected chi connectivity index (χ0v) is 12.0. The van der Waals surface area contributed by atoms with Gasteiger partial charge < -0.3 is 9.73 Å². The Bertz CT molecular complexity index is 497. The van der Waals surface area contributed by atoms with Gasteiger partial charge in [-0.1, -0.05) is 25.2 Å². The summed E-state index contributed by atoms with van der Waals surface area (Å²) < 4.78 is 5.33. The third-order valence-electron chi connectivity index (χ3n) is 2.57. The fraction of sp³-hybridized carbons (Fsp3) is 0.500. The average molecular weight is 286 g/mol. The van der Waals surface area contributed by atoms with Gasteiger partial charge in [-0.3, -0.25) is 0 Å². The average Bonchev–Trinajstić information content (AvgIpc) is 2.99. The second kappa shape index (κ2) is 6.31. The molecule has 0 bridgehead atoms. The lowest BCUT2D eigenvalue weighted by atomic mass is 10.2. The minimum absolute atomic E-state index is 0.265. The van der Waals surface area contributed by atoms with Crippen LogP contribution in [-0.2, 0) is 0 Å². The van der Waals surface area contributed by atoms with Gasteiger partial charge >= 0.3 is 0 Å². The molecule has 2 heterocycles. The van der Waals surface area contributed by atoms with Gasteiger partial charge in [0.2, 0.25) is 0 Å². The number of nitrogens with one attached hydrogen (secondary N) is 1. The molecule has 0 aliphatic heterocycles. The first-order chi connectivity index (χ1) is 8.74. The van der Waals surface area contributed by atoms with E-state index in [1.807, 2.05) is 6.07 Å². The molecule has 6 heteroatoms. The predicted octanol–water partition coefficient (Wildman–Crippen LogP) is 3.90. The van der Waals surface area contributed by atoms with E-state index in [4.69, 9.17) is 16.0 Å². The van der Waals surface area contributed by atoms with E-state index in [-0.39, 0.29) is 6.04 Å². The van der Waals surface area contributed by atoms with Crippen LogP contribution in [-0.4, -0.2) is 16.7 Å². The number of hydrogen-bond donors (Lipinski definition) is 1. The monoisotopic (exact) mass is 285 g/mol. The Morgan fingerprint density at radius 3 is 2.83 bits per heavy atom. The molecule has 2 aromatic heterocycles. The summed E-state index contributed by atoms with van der Waals surface area (Å²) in [5.74, 6) is 0.675. The molecule has 1 atom stereocenters. The van der Waals surface area contributed by atoms with E-state index in [2.05, 4.69) is 29.4 Å². The highest BCUT2D eigenvalue weighted by molar-refractivity contribution is 7.14. The molecule has 98 valence electrons. The fourth-order valence-electron chi connectivity index (χ4n) is 1.63. The van der Waals surface area contributed by atoms with Crippen LogP contribution in [0.2, 0.25) is 5.22 Å². The molecular formula is C12H16ClN3OS. The van der Waals surface area contributed by atoms with E-state index >= 15 is 0 Å². The number of nitrogens with zero attached hydrogens (tertiary/aromatic N) is 2. The molecule has 0 saturated carbocycles. The van der Waals surface area contributed by atoms with Crippen LogP contribution in [0, 0.1) is 0 Å². The lowest BCUT2D eigenvalue weighted by molar-refractivity contribution is 0.513. The second-order valence-electron chi connectivity index (χ2n) is 3.96. The lowest BCUT2D eigenvalue weighted by Crippen LogP contribution is -2.21. The summed E-state index contributed by atoms with van der Waals surface area (Å²) in [6.07, 6.45) is 2.10. The maximum absolute atomic E-state index is 5.75. The van der Waals surface area contributed by atoms with Crippen molar-refractivity contribution < 1.29 is 4.42 Å². The van der Waals surface area contributed by atoms with E-state index in [0.717, 1.165) is 29.4 Å². The van der Waals surface area contributed by atoms with Crippen LogP contribution >= 0.6 is 22.9 Å². The highest BCUT2D eigenvalue weighted by atomic mass is 35.5. The van der Waals surface area contributed by atoms with Crippen molar-refractivity contribution in [2.45, 2.75) is 32.7 Å². The number of aromatic nitrogens is 2. The van der Waals surface area contributed by atoms with E-state index < -0.39 is 0 Å². The molecule has 0 aliphatic rings. The van der Waals surface area contributed by atoms with Gasteiger partial charge in [0.25, 0.3) is 0 Å². The Balaban J connectivity index is 2.13. The summed E-state index contributed by atoms with van der Waals surface area (Å²) in [5.41, 5.74) is 0. The summed E-state index contributed by atoms with van der Waals surface area (Å²) >= 11 is 7.30. The quantitative estimate of drug-likeness (QED) is 0.874. The van der Waals surface area contributed by atoms with Crippen LogP contribution in [0.1, 0.15) is 37.7 Å². The maximum atomic E-state index is 5.75. The van der Waals surface area contributed by atoms with Crippen molar-refractivity contribution in [3.63, 3.8) is 0 Å². The van der Waals surface area contributed by atoms with Gasteiger partial charge in [-0.25, -0.2) is 0 Å². The molecule has 1 unspecified atom stereocenters. The molecule has 0 aromatic carbocycles. The minimum atomic E-state index is 0.265. The van der Waals surface area contributed by atoms with Crippen LogP contribution in [0.5, 0.6) is 0 Å². The second-order valence-corrected chi connectivity index (χ2v) is 5.35. The lowest BCUT2D eigenvalue weighted by Gasteiger charge is -2.12. The van der Waals surface area contributed by atoms with Crippen molar-refractivity contribution in [2.75, 3.05) is 6.54 Å². The first-order valence-corrected chi connectivity index (χ1v) is 7.26. The molecule has 2 aromatic rings. The SMILES string of the molecule is CCCNC(CC)c1nnc(-c2ccc(Cl)o2)s1. The molecule has 1 N–H and O–H groups in total. The summed E-state index contributed by atoms with van der Waals surface area (Å²) in [6, 6.07) is 3.79. The topological polar surface area (TPSA) is 51.0 Å². The Morgan fingerprint density at radius 2 is 2.22 bits per heavy atom. The molecule has 0 aliphatic carbocycles. The van der Waals surface area contributed by atoms with Crippen molar-refractivity contribution in [1.82, 2.24) is 15.5 Å². The van der Waals surface area contributed by atoms with Crippen LogP contribution in [0.15, 0.2) is 16.5 Å². The van der Waals surface area contributed by atoms with Gasteiger partial charge in [-0.15, -0.1) is 10.2 Å². The Hall–Kier alpha value is -0.910. The number of rotatable bonds is 6. The maximum Gasteiger partial charge on any atom is 0.194 e. The number of hydrogen-bond acceptors (Lipinski definition) is 5. The minimum Gasteiger partial charge on any atom is -0.442 e. The summed E-state index contributed by atoms with van der Waals surface area (Å²) in [6.45, 7) is 5.27. The summed E-state index contributed by atoms with van der Waals surface area (Å²) in [7, 11) is 0. The molecule has 0 spiro atoms. The van der Waals surface area contributed by atoms with Gasteiger partial charge in [0.1, 0.15) is 5.01 Å². The Kier molecular flexibility index (Phi) is 4.74. The van der Waals surface area contributed by atoms with Gasteiger partial charge in [-0.05, 0) is 43.1 Å². The predicted molar refractivity (Wildman–Crippen MR) is 73.9 cm³/mol. The molecule has 18 heavy (non-hydrogen) atoms. The Labute approximate surface area is 115 Å². The summed E-state index contributed by atoms with van der Waals surface area (Å²) in [5, 5.41) is 14.0. The molecule has 2 rings (SSSR count). The highest BCUT2D eigenvalue weighted by Crippen LogP contribution is 2.30. The van der Waals surface area contributed by atoms with Crippen LogP contribution < -0.4 is 5.32 Å². The van der Waals surface area contributed by atoms with Crippen molar-refractivity contribution in [3.8, 4) is 10.8 Å². The van der Waals surface area contributed by atoms with Crippen LogP contribution in [0.25, 0.3) is 10.8 Å². The van der Waals surface area contributed by atoms with E-state index in [0.29, 0.717) is 11.0 Å². The first-order valence-electron chi connectivity index (χ1n) is 6.07. The molecule has 0 amide bonds. The van der Waals surface area contributed by atoms with Gasteiger partial charge in [0.15, 0.2) is 16.0 Å². The fourth-order valence-corrected chi connectivity index (χ4v) is 2.74. The third kappa shape index (κ3) is 3.10. The highest BCUT2D eigenvalue weighted by Gasteiger charge is 2.16. The van der Waals surface area contributed by atoms with Crippen molar-refractivity contribution in [3.05, 3.63) is 22.4 Å².